The Morgan fingerprint density at radius 2 is 1.91 bits per heavy atom. The molecule has 0 bridgehead atoms. The van der Waals surface area contributed by atoms with Gasteiger partial charge < -0.3 is 9.67 Å². The standard InChI is InChI=1S/C19H19NO3/c1-2-3-4-10-20-11-6-8-15(20)14-12-17(22)13-7-5-9-16(21)18(13)19(14)23/h5-9,11-12,21H,2-4,10H2,1H3. The molecule has 3 rings (SSSR count). The summed E-state index contributed by atoms with van der Waals surface area (Å²) in [6, 6.07) is 8.30. The number of aryl methyl sites for hydroxylation is 1. The van der Waals surface area contributed by atoms with Gasteiger partial charge in [0.1, 0.15) is 5.75 Å². The van der Waals surface area contributed by atoms with Crippen molar-refractivity contribution in [3.8, 4) is 5.75 Å². The molecule has 1 aliphatic rings. The molecule has 1 N–H and O–H groups in total. The number of phenolic OH excluding ortho intramolecular Hbond substituents is 1. The minimum Gasteiger partial charge on any atom is -0.507 e. The van der Waals surface area contributed by atoms with Gasteiger partial charge in [0.25, 0.3) is 0 Å². The van der Waals surface area contributed by atoms with Gasteiger partial charge in [-0.25, -0.2) is 0 Å². The van der Waals surface area contributed by atoms with Gasteiger partial charge in [-0.05, 0) is 30.7 Å². The number of rotatable bonds is 5. The van der Waals surface area contributed by atoms with Crippen LogP contribution in [-0.4, -0.2) is 21.2 Å². The third kappa shape index (κ3) is 2.72. The van der Waals surface area contributed by atoms with E-state index in [0.717, 1.165) is 31.5 Å². The summed E-state index contributed by atoms with van der Waals surface area (Å²) in [7, 11) is 0. The molecule has 118 valence electrons. The summed E-state index contributed by atoms with van der Waals surface area (Å²) in [5.41, 5.74) is 1.46. The van der Waals surface area contributed by atoms with Gasteiger partial charge in [0.2, 0.25) is 0 Å². The van der Waals surface area contributed by atoms with Gasteiger partial charge >= 0.3 is 0 Å². The average Bonchev–Trinajstić information content (AvgIpc) is 2.99. The van der Waals surface area contributed by atoms with Gasteiger partial charge in [0, 0.05) is 18.3 Å². The van der Waals surface area contributed by atoms with Crippen LogP contribution in [0.5, 0.6) is 5.75 Å². The van der Waals surface area contributed by atoms with Crippen molar-refractivity contribution >= 4 is 17.1 Å². The summed E-state index contributed by atoms with van der Waals surface area (Å²) in [6.07, 6.45) is 6.57. The highest BCUT2D eigenvalue weighted by Crippen LogP contribution is 2.33. The van der Waals surface area contributed by atoms with E-state index in [1.54, 1.807) is 12.1 Å². The van der Waals surface area contributed by atoms with Crippen LogP contribution < -0.4 is 0 Å². The van der Waals surface area contributed by atoms with E-state index in [1.165, 1.54) is 12.1 Å². The number of allylic oxidation sites excluding steroid dienone is 2. The zero-order chi connectivity index (χ0) is 16.4. The number of nitrogens with zero attached hydrogens (tertiary/aromatic N) is 1. The summed E-state index contributed by atoms with van der Waals surface area (Å²) in [5.74, 6) is -0.685. The minimum atomic E-state index is -0.298. The fraction of sp³-hybridized carbons (Fsp3) is 0.263. The Hall–Kier alpha value is -2.62. The van der Waals surface area contributed by atoms with E-state index in [4.69, 9.17) is 0 Å². The summed E-state index contributed by atoms with van der Waals surface area (Å²) in [4.78, 5) is 25.1. The Labute approximate surface area is 135 Å². The number of carbonyl (C=O) groups is 2. The van der Waals surface area contributed by atoms with E-state index >= 15 is 0 Å². The van der Waals surface area contributed by atoms with Crippen molar-refractivity contribution in [2.75, 3.05) is 0 Å². The maximum atomic E-state index is 12.8. The molecule has 4 nitrogen and oxygen atoms in total. The second kappa shape index (κ2) is 6.24. The van der Waals surface area contributed by atoms with E-state index in [0.29, 0.717) is 5.57 Å². The number of unbranched alkanes of at least 4 members (excludes halogenated alkanes) is 2. The first-order valence-corrected chi connectivity index (χ1v) is 7.91. The molecule has 1 aromatic carbocycles. The van der Waals surface area contributed by atoms with Crippen LogP contribution in [0.4, 0.5) is 0 Å². The SMILES string of the molecule is CCCCCn1cccc1C1=CC(=O)c2cccc(O)c2C1=O. The van der Waals surface area contributed by atoms with Crippen LogP contribution >= 0.6 is 0 Å². The molecule has 0 unspecified atom stereocenters. The molecule has 2 aromatic rings. The molecule has 4 heteroatoms. The van der Waals surface area contributed by atoms with Crippen LogP contribution in [-0.2, 0) is 6.54 Å². The highest BCUT2D eigenvalue weighted by atomic mass is 16.3. The number of phenols is 1. The molecule has 1 aromatic heterocycles. The summed E-state index contributed by atoms with van der Waals surface area (Å²) in [5, 5.41) is 10.00. The lowest BCUT2D eigenvalue weighted by molar-refractivity contribution is 0.0999. The van der Waals surface area contributed by atoms with Crippen molar-refractivity contribution in [2.45, 2.75) is 32.7 Å². The molecule has 23 heavy (non-hydrogen) atoms. The van der Waals surface area contributed by atoms with E-state index in [-0.39, 0.29) is 28.4 Å². The van der Waals surface area contributed by atoms with Crippen molar-refractivity contribution in [3.63, 3.8) is 0 Å². The van der Waals surface area contributed by atoms with Crippen molar-refractivity contribution < 1.29 is 14.7 Å². The van der Waals surface area contributed by atoms with Crippen LogP contribution in [0.3, 0.4) is 0 Å². The van der Waals surface area contributed by atoms with Gasteiger partial charge in [0.05, 0.1) is 16.8 Å². The lowest BCUT2D eigenvalue weighted by atomic mass is 9.87. The fourth-order valence-corrected chi connectivity index (χ4v) is 2.97. The number of ketones is 2. The van der Waals surface area contributed by atoms with E-state index in [1.807, 2.05) is 22.9 Å². The predicted molar refractivity (Wildman–Crippen MR) is 88.7 cm³/mol. The summed E-state index contributed by atoms with van der Waals surface area (Å²) >= 11 is 0. The largest absolute Gasteiger partial charge is 0.507 e. The first kappa shape index (κ1) is 15.3. The third-order valence-electron chi connectivity index (χ3n) is 4.16. The van der Waals surface area contributed by atoms with Crippen molar-refractivity contribution in [3.05, 3.63) is 59.4 Å². The van der Waals surface area contributed by atoms with Crippen LogP contribution in [0.25, 0.3) is 5.57 Å². The van der Waals surface area contributed by atoms with Gasteiger partial charge in [-0.1, -0.05) is 31.9 Å². The molecule has 0 saturated heterocycles. The quantitative estimate of drug-likeness (QED) is 0.854. The monoisotopic (exact) mass is 309 g/mol. The Balaban J connectivity index is 1.99. The fourth-order valence-electron chi connectivity index (χ4n) is 2.97. The number of hydrogen-bond donors (Lipinski definition) is 1. The zero-order valence-electron chi connectivity index (χ0n) is 13.1. The molecule has 0 aliphatic heterocycles. The normalized spacial score (nSPS) is 13.9. The van der Waals surface area contributed by atoms with Crippen molar-refractivity contribution in [2.24, 2.45) is 0 Å². The molecular weight excluding hydrogens is 290 g/mol. The molecule has 0 radical (unpaired) electrons. The van der Waals surface area contributed by atoms with Crippen LogP contribution in [0.2, 0.25) is 0 Å². The first-order valence-electron chi connectivity index (χ1n) is 7.91. The molecule has 0 fully saturated rings. The zero-order valence-corrected chi connectivity index (χ0v) is 13.1. The molecular formula is C19H19NO3. The highest BCUT2D eigenvalue weighted by Gasteiger charge is 2.30. The van der Waals surface area contributed by atoms with Gasteiger partial charge in [-0.2, -0.15) is 0 Å². The Morgan fingerprint density at radius 1 is 1.09 bits per heavy atom. The number of aromatic nitrogens is 1. The summed E-state index contributed by atoms with van der Waals surface area (Å²) < 4.78 is 2.00. The molecule has 0 atom stereocenters. The number of carbonyl (C=O) groups excluding carboxylic acids is 2. The number of fused-ring (bicyclic) bond motifs is 1. The van der Waals surface area contributed by atoms with E-state index in [9.17, 15) is 14.7 Å². The Bertz CT molecular complexity index is 799. The maximum absolute atomic E-state index is 12.8. The number of hydrogen-bond acceptors (Lipinski definition) is 3. The maximum Gasteiger partial charge on any atom is 0.199 e. The average molecular weight is 309 g/mol. The van der Waals surface area contributed by atoms with Gasteiger partial charge in [-0.15, -0.1) is 0 Å². The predicted octanol–water partition coefficient (Wildman–Crippen LogP) is 3.85. The third-order valence-corrected chi connectivity index (χ3v) is 4.16. The van der Waals surface area contributed by atoms with Crippen LogP contribution in [0.15, 0.2) is 42.6 Å². The molecule has 1 heterocycles. The molecule has 0 saturated carbocycles. The lowest BCUT2D eigenvalue weighted by Gasteiger charge is -2.17. The highest BCUT2D eigenvalue weighted by molar-refractivity contribution is 6.39. The number of benzene rings is 1. The van der Waals surface area contributed by atoms with E-state index < -0.39 is 0 Å². The smallest absolute Gasteiger partial charge is 0.199 e. The Morgan fingerprint density at radius 3 is 2.70 bits per heavy atom. The van der Waals surface area contributed by atoms with Crippen LogP contribution in [0, 0.1) is 0 Å². The molecule has 1 aliphatic carbocycles. The number of aromatic hydroxyl groups is 1. The van der Waals surface area contributed by atoms with Crippen molar-refractivity contribution in [1.82, 2.24) is 4.57 Å². The molecule has 0 amide bonds. The lowest BCUT2D eigenvalue weighted by Crippen LogP contribution is -2.18. The van der Waals surface area contributed by atoms with Crippen LogP contribution in [0.1, 0.15) is 52.6 Å². The second-order valence-electron chi connectivity index (χ2n) is 5.75. The van der Waals surface area contributed by atoms with Gasteiger partial charge in [0.15, 0.2) is 11.6 Å². The summed E-state index contributed by atoms with van der Waals surface area (Å²) in [6.45, 7) is 2.95. The number of Topliss-reactive ketones (excluding diaryl/α,β-unsaturated/α-hetero) is 1. The van der Waals surface area contributed by atoms with Gasteiger partial charge in [-0.3, -0.25) is 9.59 Å². The van der Waals surface area contributed by atoms with E-state index in [2.05, 4.69) is 6.92 Å². The molecule has 0 spiro atoms. The topological polar surface area (TPSA) is 59.3 Å². The first-order chi connectivity index (χ1) is 11.1. The van der Waals surface area contributed by atoms with Crippen molar-refractivity contribution in [1.29, 1.82) is 0 Å². The Kier molecular flexibility index (Phi) is 4.15. The second-order valence-corrected chi connectivity index (χ2v) is 5.75. The minimum absolute atomic E-state index is 0.108.